The molecule has 0 aliphatic rings. The Bertz CT molecular complexity index is 226. The first kappa shape index (κ1) is 21.4. The molecule has 21 heavy (non-hydrogen) atoms. The monoisotopic (exact) mass is 330 g/mol. The zero-order valence-electron chi connectivity index (χ0n) is 16.2. The lowest BCUT2D eigenvalue weighted by Gasteiger charge is -2.47. The van der Waals surface area contributed by atoms with Crippen LogP contribution in [0.4, 0.5) is 0 Å². The molecule has 0 radical (unpaired) electrons. The van der Waals surface area contributed by atoms with Crippen molar-refractivity contribution in [2.45, 2.75) is 116 Å². The smallest absolute Gasteiger partial charge is 0.182 e. The molecule has 0 saturated carbocycles. The summed E-state index contributed by atoms with van der Waals surface area (Å²) in [4.78, 5) is 0. The Morgan fingerprint density at radius 1 is 0.571 bits per heavy atom. The molecule has 0 aliphatic heterocycles. The van der Waals surface area contributed by atoms with E-state index < -0.39 is 16.6 Å². The average molecular weight is 331 g/mol. The topological polar surface area (TPSA) is 9.23 Å². The van der Waals surface area contributed by atoms with Gasteiger partial charge in [-0.25, -0.2) is 0 Å². The van der Waals surface area contributed by atoms with Gasteiger partial charge in [0.25, 0.3) is 0 Å². The summed E-state index contributed by atoms with van der Waals surface area (Å²) in [6.07, 6.45) is 5.19. The van der Waals surface area contributed by atoms with E-state index in [9.17, 15) is 0 Å². The summed E-state index contributed by atoms with van der Waals surface area (Å²) in [7, 11) is -3.17. The van der Waals surface area contributed by atoms with E-state index in [0.29, 0.717) is 0 Å². The molecule has 3 heteroatoms. The molecule has 0 bridgehead atoms. The first-order valence-corrected chi connectivity index (χ1v) is 14.3. The Morgan fingerprint density at radius 2 is 0.810 bits per heavy atom. The fourth-order valence-corrected chi connectivity index (χ4v) is 16.9. The van der Waals surface area contributed by atoms with Gasteiger partial charge in [0.05, 0.1) is 0 Å². The summed E-state index contributed by atoms with van der Waals surface area (Å²) in [5.74, 6) is 0. The lowest BCUT2D eigenvalue weighted by Crippen LogP contribution is -2.54. The van der Waals surface area contributed by atoms with E-state index in [-0.39, 0.29) is 0 Å². The molecule has 0 aliphatic carbocycles. The Labute approximate surface area is 137 Å². The van der Waals surface area contributed by atoms with Gasteiger partial charge in [0.2, 0.25) is 0 Å². The van der Waals surface area contributed by atoms with E-state index in [2.05, 4.69) is 55.4 Å². The zero-order valence-corrected chi connectivity index (χ0v) is 18.2. The molecule has 0 spiro atoms. The molecular weight excluding hydrogens is 288 g/mol. The summed E-state index contributed by atoms with van der Waals surface area (Å²) in [5, 5.41) is 0. The standard InChI is InChI=1S/C18H42OSi2/c1-9-13-20(14-10-2,17(5)6)19-21(15-11-3,16-12-4)18(7)8/h17-18H,9-16H2,1-8H3. The minimum Gasteiger partial charge on any atom is -0.454 e. The molecule has 0 unspecified atom stereocenters. The molecule has 1 nitrogen and oxygen atoms in total. The quantitative estimate of drug-likeness (QED) is 0.340. The molecule has 128 valence electrons. The highest BCUT2D eigenvalue weighted by Gasteiger charge is 2.46. The predicted octanol–water partition coefficient (Wildman–Crippen LogP) is 7.35. The van der Waals surface area contributed by atoms with E-state index in [1.807, 2.05) is 0 Å². The van der Waals surface area contributed by atoms with Gasteiger partial charge in [-0.3, -0.25) is 0 Å². The molecule has 0 aromatic rings. The van der Waals surface area contributed by atoms with Crippen molar-refractivity contribution in [2.24, 2.45) is 0 Å². The Morgan fingerprint density at radius 3 is 0.952 bits per heavy atom. The fraction of sp³-hybridized carbons (Fsp3) is 1.00. The first-order chi connectivity index (χ1) is 9.84. The van der Waals surface area contributed by atoms with Crippen molar-refractivity contribution < 1.29 is 4.12 Å². The van der Waals surface area contributed by atoms with E-state index in [1.165, 1.54) is 49.9 Å². The molecule has 0 rings (SSSR count). The highest BCUT2D eigenvalue weighted by Crippen LogP contribution is 2.42. The maximum atomic E-state index is 7.39. The largest absolute Gasteiger partial charge is 0.454 e. The molecule has 0 saturated heterocycles. The van der Waals surface area contributed by atoms with Gasteiger partial charge in [0, 0.05) is 0 Å². The van der Waals surface area contributed by atoms with Gasteiger partial charge in [-0.2, -0.15) is 0 Å². The average Bonchev–Trinajstić information content (AvgIpc) is 2.39. The van der Waals surface area contributed by atoms with Crippen LogP contribution in [0.25, 0.3) is 0 Å². The van der Waals surface area contributed by atoms with Crippen LogP contribution in [0.15, 0.2) is 0 Å². The van der Waals surface area contributed by atoms with Crippen LogP contribution in [-0.2, 0) is 4.12 Å². The second kappa shape index (κ2) is 10.2. The zero-order chi connectivity index (χ0) is 16.5. The molecular formula is C18H42OSi2. The van der Waals surface area contributed by atoms with Crippen LogP contribution in [0.1, 0.15) is 81.1 Å². The highest BCUT2D eigenvalue weighted by molar-refractivity contribution is 6.88. The van der Waals surface area contributed by atoms with Crippen molar-refractivity contribution in [3.63, 3.8) is 0 Å². The molecule has 0 N–H and O–H groups in total. The lowest BCUT2D eigenvalue weighted by molar-refractivity contribution is 0.466. The van der Waals surface area contributed by atoms with E-state index >= 15 is 0 Å². The van der Waals surface area contributed by atoms with Crippen LogP contribution in [0.5, 0.6) is 0 Å². The summed E-state index contributed by atoms with van der Waals surface area (Å²) >= 11 is 0. The van der Waals surface area contributed by atoms with Crippen LogP contribution in [-0.4, -0.2) is 16.6 Å². The molecule has 0 heterocycles. The maximum Gasteiger partial charge on any atom is 0.182 e. The van der Waals surface area contributed by atoms with E-state index in [1.54, 1.807) is 0 Å². The van der Waals surface area contributed by atoms with Crippen LogP contribution in [0.3, 0.4) is 0 Å². The second-order valence-corrected chi connectivity index (χ2v) is 16.9. The van der Waals surface area contributed by atoms with Crippen LogP contribution in [0, 0.1) is 0 Å². The van der Waals surface area contributed by atoms with Crippen molar-refractivity contribution >= 4 is 16.6 Å². The molecule has 0 amide bonds. The van der Waals surface area contributed by atoms with Crippen molar-refractivity contribution in [1.29, 1.82) is 0 Å². The summed E-state index contributed by atoms with van der Waals surface area (Å²) in [6, 6.07) is 5.47. The molecule has 0 atom stereocenters. The van der Waals surface area contributed by atoms with Gasteiger partial charge in [-0.1, -0.05) is 81.1 Å². The third-order valence-corrected chi connectivity index (χ3v) is 18.1. The van der Waals surface area contributed by atoms with Gasteiger partial charge in [0.15, 0.2) is 16.6 Å². The van der Waals surface area contributed by atoms with Crippen LogP contribution < -0.4 is 0 Å². The van der Waals surface area contributed by atoms with Crippen molar-refractivity contribution in [2.75, 3.05) is 0 Å². The maximum absolute atomic E-state index is 7.39. The molecule has 0 aromatic heterocycles. The summed E-state index contributed by atoms with van der Waals surface area (Å²) < 4.78 is 7.39. The van der Waals surface area contributed by atoms with Crippen molar-refractivity contribution in [1.82, 2.24) is 0 Å². The van der Waals surface area contributed by atoms with Gasteiger partial charge in [-0.15, -0.1) is 0 Å². The SMILES string of the molecule is CCC[Si](CCC)(O[Si](CCC)(CCC)C(C)C)C(C)C. The van der Waals surface area contributed by atoms with Crippen molar-refractivity contribution in [3.05, 3.63) is 0 Å². The number of rotatable bonds is 12. The van der Waals surface area contributed by atoms with Gasteiger partial charge < -0.3 is 4.12 Å². The van der Waals surface area contributed by atoms with Gasteiger partial charge in [-0.05, 0) is 35.3 Å². The van der Waals surface area contributed by atoms with Crippen LogP contribution in [0.2, 0.25) is 35.3 Å². The Kier molecular flexibility index (Phi) is 10.4. The minimum atomic E-state index is -1.58. The van der Waals surface area contributed by atoms with Crippen molar-refractivity contribution in [3.8, 4) is 0 Å². The van der Waals surface area contributed by atoms with E-state index in [4.69, 9.17) is 4.12 Å². The summed E-state index contributed by atoms with van der Waals surface area (Å²) in [6.45, 7) is 19.2. The van der Waals surface area contributed by atoms with Gasteiger partial charge in [0.1, 0.15) is 0 Å². The fourth-order valence-electron chi connectivity index (χ4n) is 3.94. The second-order valence-electron chi connectivity index (χ2n) is 7.54. The number of hydrogen-bond donors (Lipinski definition) is 0. The molecule has 0 aromatic carbocycles. The Hall–Kier alpha value is 0.394. The summed E-state index contributed by atoms with van der Waals surface area (Å²) in [5.41, 5.74) is 1.52. The number of hydrogen-bond acceptors (Lipinski definition) is 1. The lowest BCUT2D eigenvalue weighted by atomic mass is 10.5. The Balaban J connectivity index is 5.54. The van der Waals surface area contributed by atoms with E-state index in [0.717, 1.165) is 11.1 Å². The predicted molar refractivity (Wildman–Crippen MR) is 103 cm³/mol. The normalized spacial score (nSPS) is 13.4. The molecule has 0 fully saturated rings. The highest BCUT2D eigenvalue weighted by atomic mass is 28.4. The minimum absolute atomic E-state index is 0.761. The van der Waals surface area contributed by atoms with Crippen LogP contribution >= 0.6 is 0 Å². The third-order valence-electron chi connectivity index (χ3n) is 5.20. The first-order valence-electron chi connectivity index (χ1n) is 9.54. The third kappa shape index (κ3) is 5.83. The van der Waals surface area contributed by atoms with Gasteiger partial charge >= 0.3 is 0 Å².